The van der Waals surface area contributed by atoms with Crippen LogP contribution in [0.15, 0.2) is 0 Å². The second-order valence-electron chi connectivity index (χ2n) is 5.37. The molecule has 7 nitrogen and oxygen atoms in total. The molecule has 7 heteroatoms. The molecule has 0 heterocycles. The van der Waals surface area contributed by atoms with E-state index in [0.717, 1.165) is 25.7 Å². The van der Waals surface area contributed by atoms with Crippen LogP contribution in [0.3, 0.4) is 0 Å². The summed E-state index contributed by atoms with van der Waals surface area (Å²) in [6.45, 7) is 2.73. The van der Waals surface area contributed by atoms with Crippen LogP contribution in [0.4, 0.5) is 4.79 Å². The quantitative estimate of drug-likeness (QED) is 0.650. The zero-order valence-electron chi connectivity index (χ0n) is 12.6. The molecule has 0 saturated heterocycles. The van der Waals surface area contributed by atoms with Gasteiger partial charge < -0.3 is 10.4 Å². The molecule has 1 aliphatic rings. The van der Waals surface area contributed by atoms with Crippen molar-refractivity contribution < 1.29 is 19.5 Å². The molecule has 1 rings (SSSR count). The van der Waals surface area contributed by atoms with Crippen LogP contribution in [0, 0.1) is 0 Å². The van der Waals surface area contributed by atoms with Crippen LogP contribution >= 0.6 is 0 Å². The summed E-state index contributed by atoms with van der Waals surface area (Å²) >= 11 is 0. The van der Waals surface area contributed by atoms with Gasteiger partial charge in [-0.05, 0) is 19.4 Å². The fourth-order valence-corrected chi connectivity index (χ4v) is 2.44. The summed E-state index contributed by atoms with van der Waals surface area (Å²) in [6.07, 6.45) is 5.32. The standard InChI is InChI=1S/C14H25N3O4/c1-2-17(9-8-13(19)20)10-12(18)16-14(21)15-11-6-4-3-5-7-11/h11H,2-10H2,1H3,(H,19,20)(H2,15,16,18,21). The predicted octanol–water partition coefficient (Wildman–Crippen LogP) is 0.941. The van der Waals surface area contributed by atoms with Gasteiger partial charge in [-0.3, -0.25) is 19.8 Å². The fraction of sp³-hybridized carbons (Fsp3) is 0.786. The van der Waals surface area contributed by atoms with Gasteiger partial charge >= 0.3 is 12.0 Å². The van der Waals surface area contributed by atoms with Gasteiger partial charge in [-0.25, -0.2) is 4.79 Å². The summed E-state index contributed by atoms with van der Waals surface area (Å²) in [5.74, 6) is -1.31. The van der Waals surface area contributed by atoms with Crippen LogP contribution in [-0.2, 0) is 9.59 Å². The highest BCUT2D eigenvalue weighted by molar-refractivity contribution is 5.95. The molecule has 3 N–H and O–H groups in total. The molecule has 0 radical (unpaired) electrons. The van der Waals surface area contributed by atoms with Gasteiger partial charge in [-0.1, -0.05) is 26.2 Å². The van der Waals surface area contributed by atoms with Gasteiger partial charge in [0.05, 0.1) is 13.0 Å². The first-order valence-corrected chi connectivity index (χ1v) is 7.55. The second-order valence-corrected chi connectivity index (χ2v) is 5.37. The van der Waals surface area contributed by atoms with Crippen molar-refractivity contribution >= 4 is 17.9 Å². The van der Waals surface area contributed by atoms with E-state index in [9.17, 15) is 14.4 Å². The molecular weight excluding hydrogens is 274 g/mol. The van der Waals surface area contributed by atoms with E-state index < -0.39 is 17.9 Å². The number of carboxylic acid groups (broad SMARTS) is 1. The number of hydrogen-bond donors (Lipinski definition) is 3. The number of carbonyl (C=O) groups excluding carboxylic acids is 2. The number of nitrogens with zero attached hydrogens (tertiary/aromatic N) is 1. The number of urea groups is 1. The summed E-state index contributed by atoms with van der Waals surface area (Å²) in [4.78, 5) is 35.7. The topological polar surface area (TPSA) is 98.7 Å². The molecule has 0 spiro atoms. The number of carboxylic acids is 1. The highest BCUT2D eigenvalue weighted by Gasteiger charge is 2.18. The van der Waals surface area contributed by atoms with Gasteiger partial charge in [0.15, 0.2) is 0 Å². The predicted molar refractivity (Wildman–Crippen MR) is 77.9 cm³/mol. The lowest BCUT2D eigenvalue weighted by atomic mass is 9.96. The lowest BCUT2D eigenvalue weighted by Gasteiger charge is -2.23. The summed E-state index contributed by atoms with van der Waals surface area (Å²) in [5.41, 5.74) is 0. The summed E-state index contributed by atoms with van der Waals surface area (Å²) in [5, 5.41) is 13.7. The number of likely N-dealkylation sites (N-methyl/N-ethyl adjacent to an activating group) is 1. The van der Waals surface area contributed by atoms with Crippen molar-refractivity contribution in [1.29, 1.82) is 0 Å². The van der Waals surface area contributed by atoms with Crippen LogP contribution in [0.5, 0.6) is 0 Å². The number of hydrogen-bond acceptors (Lipinski definition) is 4. The summed E-state index contributed by atoms with van der Waals surface area (Å²) in [7, 11) is 0. The van der Waals surface area contributed by atoms with Crippen molar-refractivity contribution in [3.8, 4) is 0 Å². The Morgan fingerprint density at radius 3 is 2.43 bits per heavy atom. The van der Waals surface area contributed by atoms with Crippen LogP contribution < -0.4 is 10.6 Å². The maximum atomic E-state index is 11.7. The van der Waals surface area contributed by atoms with E-state index in [1.807, 2.05) is 6.92 Å². The third kappa shape index (κ3) is 7.65. The van der Waals surface area contributed by atoms with E-state index in [4.69, 9.17) is 5.11 Å². The van der Waals surface area contributed by atoms with E-state index in [1.165, 1.54) is 6.42 Å². The van der Waals surface area contributed by atoms with Gasteiger partial charge in [0.2, 0.25) is 5.91 Å². The van der Waals surface area contributed by atoms with Crippen molar-refractivity contribution in [2.45, 2.75) is 51.5 Å². The minimum absolute atomic E-state index is 0.0185. The Morgan fingerprint density at radius 1 is 1.19 bits per heavy atom. The summed E-state index contributed by atoms with van der Waals surface area (Å²) < 4.78 is 0. The van der Waals surface area contributed by atoms with E-state index in [-0.39, 0.29) is 19.0 Å². The minimum atomic E-state index is -0.899. The first-order valence-electron chi connectivity index (χ1n) is 7.55. The van der Waals surface area contributed by atoms with Crippen LogP contribution in [0.2, 0.25) is 0 Å². The molecule has 0 aliphatic heterocycles. The third-order valence-corrected chi connectivity index (χ3v) is 3.65. The number of nitrogens with one attached hydrogen (secondary N) is 2. The number of aliphatic carboxylic acids is 1. The molecular formula is C14H25N3O4. The van der Waals surface area contributed by atoms with E-state index in [0.29, 0.717) is 13.1 Å². The van der Waals surface area contributed by atoms with Gasteiger partial charge in [-0.2, -0.15) is 0 Å². The first kappa shape index (κ1) is 17.4. The van der Waals surface area contributed by atoms with Crippen LogP contribution in [0.1, 0.15) is 45.4 Å². The highest BCUT2D eigenvalue weighted by atomic mass is 16.4. The zero-order valence-corrected chi connectivity index (χ0v) is 12.6. The number of imide groups is 1. The fourth-order valence-electron chi connectivity index (χ4n) is 2.44. The normalized spacial score (nSPS) is 15.7. The lowest BCUT2D eigenvalue weighted by Crippen LogP contribution is -2.48. The van der Waals surface area contributed by atoms with Crippen LogP contribution in [-0.4, -0.2) is 53.6 Å². The van der Waals surface area contributed by atoms with E-state index >= 15 is 0 Å². The molecule has 3 amide bonds. The maximum Gasteiger partial charge on any atom is 0.321 e. The first-order chi connectivity index (χ1) is 10.0. The molecule has 1 saturated carbocycles. The molecule has 1 aliphatic carbocycles. The number of amides is 3. The Balaban J connectivity index is 2.26. The zero-order chi connectivity index (χ0) is 15.7. The van der Waals surface area contributed by atoms with Gasteiger partial charge in [0.25, 0.3) is 0 Å². The lowest BCUT2D eigenvalue weighted by molar-refractivity contribution is -0.137. The molecule has 0 aromatic carbocycles. The molecule has 120 valence electrons. The van der Waals surface area contributed by atoms with Crippen molar-refractivity contribution in [2.75, 3.05) is 19.6 Å². The second kappa shape index (κ2) is 9.33. The maximum absolute atomic E-state index is 11.7. The number of rotatable bonds is 7. The largest absolute Gasteiger partial charge is 0.481 e. The Bertz CT molecular complexity index is 367. The van der Waals surface area contributed by atoms with E-state index in [2.05, 4.69) is 10.6 Å². The molecule has 21 heavy (non-hydrogen) atoms. The molecule has 0 unspecified atom stereocenters. The van der Waals surface area contributed by atoms with Crippen molar-refractivity contribution in [3.05, 3.63) is 0 Å². The average Bonchev–Trinajstić information content (AvgIpc) is 2.44. The highest BCUT2D eigenvalue weighted by Crippen LogP contribution is 2.17. The van der Waals surface area contributed by atoms with Crippen molar-refractivity contribution in [1.82, 2.24) is 15.5 Å². The van der Waals surface area contributed by atoms with Crippen LogP contribution in [0.25, 0.3) is 0 Å². The minimum Gasteiger partial charge on any atom is -0.481 e. The molecule has 0 atom stereocenters. The van der Waals surface area contributed by atoms with Gasteiger partial charge in [0, 0.05) is 12.6 Å². The Labute approximate surface area is 125 Å². The average molecular weight is 299 g/mol. The monoisotopic (exact) mass is 299 g/mol. The van der Waals surface area contributed by atoms with Gasteiger partial charge in [-0.15, -0.1) is 0 Å². The van der Waals surface area contributed by atoms with Gasteiger partial charge in [0.1, 0.15) is 0 Å². The Morgan fingerprint density at radius 2 is 1.86 bits per heavy atom. The molecule has 0 bridgehead atoms. The van der Waals surface area contributed by atoms with Crippen molar-refractivity contribution in [3.63, 3.8) is 0 Å². The smallest absolute Gasteiger partial charge is 0.321 e. The molecule has 0 aromatic heterocycles. The molecule has 0 aromatic rings. The SMILES string of the molecule is CCN(CCC(=O)O)CC(=O)NC(=O)NC1CCCCC1. The Kier molecular flexibility index (Phi) is 7.74. The van der Waals surface area contributed by atoms with Crippen molar-refractivity contribution in [2.24, 2.45) is 0 Å². The summed E-state index contributed by atoms with van der Waals surface area (Å²) in [6, 6.07) is -0.304. The number of carbonyl (C=O) groups is 3. The Hall–Kier alpha value is -1.63. The van der Waals surface area contributed by atoms with E-state index in [1.54, 1.807) is 4.90 Å². The third-order valence-electron chi connectivity index (χ3n) is 3.65. The molecule has 1 fully saturated rings.